The van der Waals surface area contributed by atoms with E-state index in [9.17, 15) is 0 Å². The maximum atomic E-state index is 5.16. The lowest BCUT2D eigenvalue weighted by Crippen LogP contribution is -2.29. The highest BCUT2D eigenvalue weighted by atomic mass is 16.5. The number of nitrogens with zero attached hydrogens (tertiary/aromatic N) is 2. The van der Waals surface area contributed by atoms with Gasteiger partial charge >= 0.3 is 0 Å². The van der Waals surface area contributed by atoms with Gasteiger partial charge in [-0.1, -0.05) is 73.9 Å². The van der Waals surface area contributed by atoms with Crippen LogP contribution in [0.2, 0.25) is 0 Å². The molecule has 0 N–H and O–H groups in total. The number of benzene rings is 1. The van der Waals surface area contributed by atoms with Crippen molar-refractivity contribution >= 4 is 5.57 Å². The number of ether oxygens (including phenoxy) is 1. The monoisotopic (exact) mass is 360 g/mol. The third kappa shape index (κ3) is 7.08. The third-order valence-corrected chi connectivity index (χ3v) is 4.16. The summed E-state index contributed by atoms with van der Waals surface area (Å²) in [6.45, 7) is 9.98. The lowest BCUT2D eigenvalue weighted by Gasteiger charge is -2.27. The van der Waals surface area contributed by atoms with E-state index in [0.29, 0.717) is 0 Å². The average Bonchev–Trinajstić information content (AvgIpc) is 2.74. The molecule has 140 valence electrons. The lowest BCUT2D eigenvalue weighted by molar-refractivity contribution is 0.296. The highest BCUT2D eigenvalue weighted by Gasteiger charge is 2.15. The predicted octanol–water partition coefficient (Wildman–Crippen LogP) is 5.29. The molecule has 0 fully saturated rings. The summed E-state index contributed by atoms with van der Waals surface area (Å²) >= 11 is 0. The maximum absolute atomic E-state index is 5.16. The summed E-state index contributed by atoms with van der Waals surface area (Å²) < 4.78 is 5.16. The Morgan fingerprint density at radius 1 is 1.07 bits per heavy atom. The molecule has 0 spiro atoms. The highest BCUT2D eigenvalue weighted by molar-refractivity contribution is 5.65. The van der Waals surface area contributed by atoms with E-state index in [4.69, 9.17) is 4.74 Å². The standard InChI is InChI=1S/C18H20N2O.C6H8/c1-21-17-9-10-18(19-12-17)16-8-5-11-20(14-16)13-15-6-3-2-4-7-15;1-3-5-6-4-2/h2-4,6-10,12H,5,11,13-14H2,1H3;3-6H,1-2H2/b;6-5-. The van der Waals surface area contributed by atoms with Gasteiger partial charge in [-0.2, -0.15) is 0 Å². The van der Waals surface area contributed by atoms with Gasteiger partial charge in [-0.15, -0.1) is 0 Å². The Morgan fingerprint density at radius 3 is 2.41 bits per heavy atom. The van der Waals surface area contributed by atoms with Crippen molar-refractivity contribution in [1.82, 2.24) is 9.88 Å². The molecule has 1 aromatic heterocycles. The zero-order valence-corrected chi connectivity index (χ0v) is 16.1. The molecule has 2 aromatic rings. The van der Waals surface area contributed by atoms with Crippen molar-refractivity contribution in [1.29, 1.82) is 0 Å². The average molecular weight is 361 g/mol. The first kappa shape index (κ1) is 20.4. The molecule has 1 aliphatic heterocycles. The molecule has 1 aliphatic rings. The lowest BCUT2D eigenvalue weighted by atomic mass is 10.0. The molecular formula is C24H28N2O. The zero-order chi connectivity index (χ0) is 19.3. The van der Waals surface area contributed by atoms with E-state index in [2.05, 4.69) is 59.4 Å². The van der Waals surface area contributed by atoms with Crippen molar-refractivity contribution in [3.05, 3.63) is 103 Å². The molecular weight excluding hydrogens is 332 g/mol. The van der Waals surface area contributed by atoms with Gasteiger partial charge in [0, 0.05) is 19.6 Å². The van der Waals surface area contributed by atoms with Crippen molar-refractivity contribution in [2.45, 2.75) is 13.0 Å². The van der Waals surface area contributed by atoms with Crippen LogP contribution in [0.1, 0.15) is 17.7 Å². The Balaban J connectivity index is 0.000000380. The maximum Gasteiger partial charge on any atom is 0.137 e. The van der Waals surface area contributed by atoms with Crippen LogP contribution < -0.4 is 4.74 Å². The first-order valence-electron chi connectivity index (χ1n) is 9.12. The van der Waals surface area contributed by atoms with Gasteiger partial charge in [0.2, 0.25) is 0 Å². The fourth-order valence-electron chi connectivity index (χ4n) is 2.82. The quantitative estimate of drug-likeness (QED) is 0.654. The number of allylic oxidation sites excluding steroid dienone is 4. The minimum atomic E-state index is 0.802. The van der Waals surface area contributed by atoms with Crippen LogP contribution in [0.15, 0.2) is 92.2 Å². The molecule has 0 radical (unpaired) electrons. The van der Waals surface area contributed by atoms with Crippen LogP contribution in [-0.4, -0.2) is 30.1 Å². The third-order valence-electron chi connectivity index (χ3n) is 4.16. The number of hydrogen-bond donors (Lipinski definition) is 0. The summed E-state index contributed by atoms with van der Waals surface area (Å²) in [5, 5.41) is 0. The van der Waals surface area contributed by atoms with Crippen LogP contribution in [0.5, 0.6) is 5.75 Å². The number of hydrogen-bond acceptors (Lipinski definition) is 3. The Morgan fingerprint density at radius 2 is 1.81 bits per heavy atom. The molecule has 0 unspecified atom stereocenters. The fraction of sp³-hybridized carbons (Fsp3) is 0.208. The molecule has 0 saturated carbocycles. The van der Waals surface area contributed by atoms with Crippen LogP contribution in [0.25, 0.3) is 5.57 Å². The van der Waals surface area contributed by atoms with Crippen LogP contribution in [-0.2, 0) is 6.54 Å². The molecule has 0 atom stereocenters. The van der Waals surface area contributed by atoms with E-state index >= 15 is 0 Å². The SMILES string of the molecule is C=C/C=C\C=C.COc1ccc(C2=CCCN(Cc3ccccc3)C2)nc1. The molecule has 3 rings (SSSR count). The van der Waals surface area contributed by atoms with Crippen LogP contribution in [0.3, 0.4) is 0 Å². The molecule has 0 bridgehead atoms. The number of pyridine rings is 1. The van der Waals surface area contributed by atoms with Gasteiger partial charge in [0.1, 0.15) is 5.75 Å². The van der Waals surface area contributed by atoms with Gasteiger partial charge in [0.25, 0.3) is 0 Å². The smallest absolute Gasteiger partial charge is 0.137 e. The zero-order valence-electron chi connectivity index (χ0n) is 16.1. The van der Waals surface area contributed by atoms with Crippen molar-refractivity contribution in [3.8, 4) is 5.75 Å². The first-order valence-corrected chi connectivity index (χ1v) is 9.12. The van der Waals surface area contributed by atoms with E-state index < -0.39 is 0 Å². The molecule has 3 heteroatoms. The first-order chi connectivity index (χ1) is 13.3. The predicted molar refractivity (Wildman–Crippen MR) is 115 cm³/mol. The summed E-state index contributed by atoms with van der Waals surface area (Å²) in [5.74, 6) is 0.802. The summed E-state index contributed by atoms with van der Waals surface area (Å²) in [4.78, 5) is 6.96. The van der Waals surface area contributed by atoms with E-state index in [0.717, 1.165) is 37.5 Å². The van der Waals surface area contributed by atoms with E-state index in [-0.39, 0.29) is 0 Å². The van der Waals surface area contributed by atoms with Crippen molar-refractivity contribution in [2.75, 3.05) is 20.2 Å². The number of methoxy groups -OCH3 is 1. The van der Waals surface area contributed by atoms with E-state index in [1.165, 1.54) is 11.1 Å². The Kier molecular flexibility index (Phi) is 8.81. The second-order valence-electron chi connectivity index (χ2n) is 6.15. The van der Waals surface area contributed by atoms with Gasteiger partial charge in [0.15, 0.2) is 0 Å². The number of aromatic nitrogens is 1. The molecule has 0 aliphatic carbocycles. The Labute approximate surface area is 163 Å². The van der Waals surface area contributed by atoms with E-state index in [1.54, 1.807) is 25.5 Å². The Bertz CT molecular complexity index is 751. The molecule has 27 heavy (non-hydrogen) atoms. The van der Waals surface area contributed by atoms with Gasteiger partial charge in [-0.25, -0.2) is 0 Å². The summed E-state index contributed by atoms with van der Waals surface area (Å²) in [6.07, 6.45) is 12.2. The second kappa shape index (κ2) is 11.7. The van der Waals surface area contributed by atoms with Gasteiger partial charge in [-0.05, 0) is 29.7 Å². The minimum absolute atomic E-state index is 0.802. The molecule has 0 saturated heterocycles. The second-order valence-corrected chi connectivity index (χ2v) is 6.15. The van der Waals surface area contributed by atoms with Crippen LogP contribution in [0, 0.1) is 0 Å². The minimum Gasteiger partial charge on any atom is -0.495 e. The summed E-state index contributed by atoms with van der Waals surface area (Å²) in [7, 11) is 1.66. The topological polar surface area (TPSA) is 25.4 Å². The van der Waals surface area contributed by atoms with E-state index in [1.807, 2.05) is 24.3 Å². The summed E-state index contributed by atoms with van der Waals surface area (Å²) in [6, 6.07) is 14.6. The molecule has 1 aromatic carbocycles. The Hall–Kier alpha value is -2.91. The molecule has 2 heterocycles. The number of rotatable bonds is 6. The van der Waals surface area contributed by atoms with Crippen molar-refractivity contribution < 1.29 is 4.74 Å². The van der Waals surface area contributed by atoms with Crippen LogP contribution >= 0.6 is 0 Å². The van der Waals surface area contributed by atoms with Crippen LogP contribution in [0.4, 0.5) is 0 Å². The van der Waals surface area contributed by atoms with Gasteiger partial charge in [-0.3, -0.25) is 9.88 Å². The summed E-state index contributed by atoms with van der Waals surface area (Å²) in [5.41, 5.74) is 3.72. The fourth-order valence-corrected chi connectivity index (χ4v) is 2.82. The van der Waals surface area contributed by atoms with Crippen molar-refractivity contribution in [2.24, 2.45) is 0 Å². The largest absolute Gasteiger partial charge is 0.495 e. The van der Waals surface area contributed by atoms with Crippen molar-refractivity contribution in [3.63, 3.8) is 0 Å². The van der Waals surface area contributed by atoms with Gasteiger partial charge in [0.05, 0.1) is 19.0 Å². The molecule has 0 amide bonds. The van der Waals surface area contributed by atoms with Gasteiger partial charge < -0.3 is 4.74 Å². The highest BCUT2D eigenvalue weighted by Crippen LogP contribution is 2.22. The normalized spacial score (nSPS) is 14.0. The molecule has 3 nitrogen and oxygen atoms in total.